The summed E-state index contributed by atoms with van der Waals surface area (Å²) < 4.78 is 28.0. The van der Waals surface area contributed by atoms with Crippen molar-refractivity contribution in [3.05, 3.63) is 14.2 Å². The summed E-state index contributed by atoms with van der Waals surface area (Å²) in [6, 6.07) is -0.366. The van der Waals surface area contributed by atoms with Crippen LogP contribution in [0.5, 0.6) is 0 Å². The standard InChI is InChI=1S/C16H24Cl2N2O3S2/c1-11(2)20(10-13(21)19-8-6-4-5-7-9-19)25(22,23)14-12(3)15(17)24-16(14)18/h11H,4-10H2,1-3H3. The molecule has 0 saturated carbocycles. The van der Waals surface area contributed by atoms with E-state index in [1.807, 2.05) is 0 Å². The van der Waals surface area contributed by atoms with Crippen LogP contribution < -0.4 is 0 Å². The summed E-state index contributed by atoms with van der Waals surface area (Å²) in [6.07, 6.45) is 4.15. The van der Waals surface area contributed by atoms with E-state index in [0.717, 1.165) is 37.0 Å². The lowest BCUT2D eigenvalue weighted by Crippen LogP contribution is -2.46. The zero-order valence-electron chi connectivity index (χ0n) is 14.7. The topological polar surface area (TPSA) is 57.7 Å². The number of carbonyl (C=O) groups excluding carboxylic acids is 1. The van der Waals surface area contributed by atoms with E-state index < -0.39 is 10.0 Å². The number of thiophene rings is 1. The molecule has 9 heteroatoms. The Morgan fingerprint density at radius 3 is 2.16 bits per heavy atom. The lowest BCUT2D eigenvalue weighted by atomic mass is 10.2. The number of sulfonamides is 1. The Labute approximate surface area is 163 Å². The van der Waals surface area contributed by atoms with Gasteiger partial charge in [-0.15, -0.1) is 11.3 Å². The number of likely N-dealkylation sites (tertiary alicyclic amines) is 1. The van der Waals surface area contributed by atoms with Crippen molar-refractivity contribution in [1.29, 1.82) is 0 Å². The van der Waals surface area contributed by atoms with Crippen LogP contribution in [0.3, 0.4) is 0 Å². The van der Waals surface area contributed by atoms with Crippen LogP contribution in [0.25, 0.3) is 0 Å². The van der Waals surface area contributed by atoms with Crippen LogP contribution in [0.4, 0.5) is 0 Å². The van der Waals surface area contributed by atoms with E-state index in [4.69, 9.17) is 23.2 Å². The molecule has 0 atom stereocenters. The van der Waals surface area contributed by atoms with Crippen LogP contribution in [-0.4, -0.2) is 49.2 Å². The minimum atomic E-state index is -3.90. The maximum atomic E-state index is 13.1. The third kappa shape index (κ3) is 4.69. The number of rotatable bonds is 5. The van der Waals surface area contributed by atoms with Crippen LogP contribution in [0.1, 0.15) is 45.1 Å². The first-order chi connectivity index (χ1) is 11.7. The molecule has 0 spiro atoms. The summed E-state index contributed by atoms with van der Waals surface area (Å²) in [4.78, 5) is 14.5. The molecule has 0 bridgehead atoms. The zero-order valence-corrected chi connectivity index (χ0v) is 17.9. The van der Waals surface area contributed by atoms with Crippen molar-refractivity contribution >= 4 is 50.5 Å². The second-order valence-corrected chi connectivity index (χ2v) is 10.6. The van der Waals surface area contributed by atoms with Crippen molar-refractivity contribution in [3.63, 3.8) is 0 Å². The first-order valence-corrected chi connectivity index (χ1v) is 11.4. The van der Waals surface area contributed by atoms with Gasteiger partial charge in [-0.25, -0.2) is 8.42 Å². The third-order valence-electron chi connectivity index (χ3n) is 4.39. The van der Waals surface area contributed by atoms with E-state index in [9.17, 15) is 13.2 Å². The monoisotopic (exact) mass is 426 g/mol. The minimum Gasteiger partial charge on any atom is -0.342 e. The lowest BCUT2D eigenvalue weighted by Gasteiger charge is -2.29. The largest absolute Gasteiger partial charge is 0.342 e. The van der Waals surface area contributed by atoms with Gasteiger partial charge in [0.25, 0.3) is 0 Å². The Morgan fingerprint density at radius 1 is 1.16 bits per heavy atom. The molecule has 1 amide bonds. The van der Waals surface area contributed by atoms with E-state index in [2.05, 4.69) is 0 Å². The Hall–Kier alpha value is -0.340. The maximum absolute atomic E-state index is 13.1. The number of hydrogen-bond donors (Lipinski definition) is 0. The average molecular weight is 427 g/mol. The van der Waals surface area contributed by atoms with Crippen molar-refractivity contribution < 1.29 is 13.2 Å². The minimum absolute atomic E-state index is 0.0153. The van der Waals surface area contributed by atoms with Crippen LogP contribution in [0.15, 0.2) is 4.90 Å². The van der Waals surface area contributed by atoms with Crippen LogP contribution in [0.2, 0.25) is 8.67 Å². The van der Waals surface area contributed by atoms with Crippen molar-refractivity contribution in [2.45, 2.75) is 57.4 Å². The molecule has 0 radical (unpaired) electrons. The fourth-order valence-electron chi connectivity index (χ4n) is 2.95. The fraction of sp³-hybridized carbons (Fsp3) is 0.688. The SMILES string of the molecule is Cc1c(Cl)sc(Cl)c1S(=O)(=O)N(CC(=O)N1CCCCCC1)C(C)C. The summed E-state index contributed by atoms with van der Waals surface area (Å²) in [7, 11) is -3.90. The van der Waals surface area contributed by atoms with Gasteiger partial charge in [0, 0.05) is 24.7 Å². The Balaban J connectivity index is 2.29. The maximum Gasteiger partial charge on any atom is 0.246 e. The molecule has 25 heavy (non-hydrogen) atoms. The summed E-state index contributed by atoms with van der Waals surface area (Å²) in [5.41, 5.74) is 0.435. The molecule has 0 aliphatic carbocycles. The number of nitrogens with zero attached hydrogens (tertiary/aromatic N) is 2. The van der Waals surface area contributed by atoms with Crippen LogP contribution >= 0.6 is 34.5 Å². The molecule has 1 aromatic heterocycles. The van der Waals surface area contributed by atoms with Gasteiger partial charge in [0.1, 0.15) is 9.23 Å². The van der Waals surface area contributed by atoms with E-state index in [0.29, 0.717) is 23.0 Å². The van der Waals surface area contributed by atoms with E-state index in [1.54, 1.807) is 25.7 Å². The first-order valence-electron chi connectivity index (χ1n) is 8.40. The summed E-state index contributed by atoms with van der Waals surface area (Å²) >= 11 is 13.2. The van der Waals surface area contributed by atoms with Gasteiger partial charge in [-0.05, 0) is 33.6 Å². The molecule has 2 rings (SSSR count). The summed E-state index contributed by atoms with van der Waals surface area (Å²) in [5.74, 6) is -0.158. The second-order valence-electron chi connectivity index (χ2n) is 6.54. The summed E-state index contributed by atoms with van der Waals surface area (Å²) in [5, 5.41) is 0. The average Bonchev–Trinajstić information content (AvgIpc) is 2.73. The lowest BCUT2D eigenvalue weighted by molar-refractivity contribution is -0.131. The normalized spacial score (nSPS) is 16.5. The van der Waals surface area contributed by atoms with E-state index >= 15 is 0 Å². The number of halogens is 2. The molecular weight excluding hydrogens is 403 g/mol. The third-order valence-corrected chi connectivity index (χ3v) is 8.63. The number of hydrogen-bond acceptors (Lipinski definition) is 4. The van der Waals surface area contributed by atoms with Gasteiger partial charge < -0.3 is 4.90 Å². The van der Waals surface area contributed by atoms with Crippen molar-refractivity contribution in [3.8, 4) is 0 Å². The van der Waals surface area contributed by atoms with Gasteiger partial charge in [-0.2, -0.15) is 4.31 Å². The molecule has 1 aromatic rings. The number of amides is 1. The number of carbonyl (C=O) groups is 1. The molecule has 0 N–H and O–H groups in total. The Kier molecular flexibility index (Phi) is 7.18. The van der Waals surface area contributed by atoms with Crippen LogP contribution in [0, 0.1) is 6.92 Å². The van der Waals surface area contributed by atoms with Gasteiger partial charge >= 0.3 is 0 Å². The molecular formula is C16H24Cl2N2O3S2. The highest BCUT2D eigenvalue weighted by atomic mass is 35.5. The predicted molar refractivity (Wildman–Crippen MR) is 103 cm³/mol. The molecule has 0 unspecified atom stereocenters. The van der Waals surface area contributed by atoms with Gasteiger partial charge in [0.15, 0.2) is 0 Å². The molecule has 1 saturated heterocycles. The molecule has 1 aliphatic rings. The molecule has 1 aliphatic heterocycles. The van der Waals surface area contributed by atoms with Crippen molar-refractivity contribution in [2.75, 3.05) is 19.6 Å². The highest BCUT2D eigenvalue weighted by Crippen LogP contribution is 2.40. The van der Waals surface area contributed by atoms with Gasteiger partial charge in [-0.1, -0.05) is 36.0 Å². The molecule has 0 aromatic carbocycles. The van der Waals surface area contributed by atoms with Crippen molar-refractivity contribution in [1.82, 2.24) is 9.21 Å². The predicted octanol–water partition coefficient (Wildman–Crippen LogP) is 4.17. The highest BCUT2D eigenvalue weighted by molar-refractivity contribution is 7.89. The highest BCUT2D eigenvalue weighted by Gasteiger charge is 2.35. The fourth-order valence-corrected chi connectivity index (χ4v) is 7.04. The quantitative estimate of drug-likeness (QED) is 0.709. The smallest absolute Gasteiger partial charge is 0.246 e. The summed E-state index contributed by atoms with van der Waals surface area (Å²) in [6.45, 7) is 6.34. The van der Waals surface area contributed by atoms with Gasteiger partial charge in [-0.3, -0.25) is 4.79 Å². The van der Waals surface area contributed by atoms with E-state index in [-0.39, 0.29) is 27.7 Å². The second kappa shape index (κ2) is 8.57. The molecule has 5 nitrogen and oxygen atoms in total. The van der Waals surface area contributed by atoms with Gasteiger partial charge in [0.05, 0.1) is 10.9 Å². The zero-order chi connectivity index (χ0) is 18.8. The Morgan fingerprint density at radius 2 is 1.72 bits per heavy atom. The molecule has 142 valence electrons. The van der Waals surface area contributed by atoms with E-state index in [1.165, 1.54) is 4.31 Å². The molecule has 2 heterocycles. The van der Waals surface area contributed by atoms with Crippen molar-refractivity contribution in [2.24, 2.45) is 0 Å². The Bertz CT molecular complexity index is 724. The molecule has 1 fully saturated rings. The first kappa shape index (κ1) is 21.0. The van der Waals surface area contributed by atoms with Gasteiger partial charge in [0.2, 0.25) is 15.9 Å². The van der Waals surface area contributed by atoms with Crippen LogP contribution in [-0.2, 0) is 14.8 Å².